The van der Waals surface area contributed by atoms with Crippen LogP contribution in [-0.2, 0) is 16.1 Å². The first-order valence-electron chi connectivity index (χ1n) is 6.75. The first-order valence-corrected chi connectivity index (χ1v) is 7.56. The first kappa shape index (κ1) is 13.9. The monoisotopic (exact) mass is 297 g/mol. The summed E-state index contributed by atoms with van der Waals surface area (Å²) in [5.41, 5.74) is 4.32. The Morgan fingerprint density at radius 3 is 2.67 bits per heavy atom. The lowest BCUT2D eigenvalue weighted by molar-refractivity contribution is -0.140. The number of rotatable bonds is 2. The maximum atomic E-state index is 10.8. The summed E-state index contributed by atoms with van der Waals surface area (Å²) in [6, 6.07) is 14.7. The van der Waals surface area contributed by atoms with Crippen LogP contribution in [0.25, 0.3) is 0 Å². The minimum Gasteiger partial charge on any atom is -0.318 e. The van der Waals surface area contributed by atoms with E-state index in [0.29, 0.717) is 5.71 Å². The second-order valence-electron chi connectivity index (χ2n) is 4.97. The number of hydrogen-bond donors (Lipinski definition) is 0. The zero-order valence-electron chi connectivity index (χ0n) is 11.9. The van der Waals surface area contributed by atoms with Gasteiger partial charge in [-0.15, -0.1) is 0 Å². The molecular weight excluding hydrogens is 282 g/mol. The predicted molar refractivity (Wildman–Crippen MR) is 83.8 cm³/mol. The molecule has 106 valence electrons. The molecule has 0 radical (unpaired) electrons. The fourth-order valence-electron chi connectivity index (χ4n) is 2.30. The van der Waals surface area contributed by atoms with Crippen LogP contribution in [0.2, 0.25) is 0 Å². The molecule has 0 atom stereocenters. The smallest absolute Gasteiger partial charge is 0.318 e. The van der Waals surface area contributed by atoms with Crippen LogP contribution >= 0.6 is 11.8 Å². The van der Waals surface area contributed by atoms with E-state index < -0.39 is 5.97 Å². The van der Waals surface area contributed by atoms with Gasteiger partial charge >= 0.3 is 5.97 Å². The van der Waals surface area contributed by atoms with Crippen LogP contribution in [0.3, 0.4) is 0 Å². The molecule has 0 fully saturated rings. The van der Waals surface area contributed by atoms with Crippen molar-refractivity contribution in [2.24, 2.45) is 5.16 Å². The van der Waals surface area contributed by atoms with Gasteiger partial charge in [0.25, 0.3) is 0 Å². The molecule has 3 nitrogen and oxygen atoms in total. The van der Waals surface area contributed by atoms with Gasteiger partial charge in [0, 0.05) is 16.7 Å². The van der Waals surface area contributed by atoms with Crippen molar-refractivity contribution in [3.05, 3.63) is 59.2 Å². The average molecular weight is 297 g/mol. The fourth-order valence-corrected chi connectivity index (χ4v) is 3.35. The van der Waals surface area contributed by atoms with Crippen molar-refractivity contribution < 1.29 is 9.63 Å². The Kier molecular flexibility index (Phi) is 3.80. The zero-order valence-corrected chi connectivity index (χ0v) is 12.7. The Bertz CT molecular complexity index is 737. The molecule has 2 aromatic rings. The molecule has 0 saturated heterocycles. The van der Waals surface area contributed by atoms with Crippen molar-refractivity contribution >= 4 is 23.4 Å². The highest BCUT2D eigenvalue weighted by Gasteiger charge is 2.16. The van der Waals surface area contributed by atoms with E-state index >= 15 is 0 Å². The summed E-state index contributed by atoms with van der Waals surface area (Å²) in [7, 11) is 0. The lowest BCUT2D eigenvalue weighted by atomic mass is 10.0. The van der Waals surface area contributed by atoms with Crippen LogP contribution in [0, 0.1) is 0 Å². The maximum Gasteiger partial charge on any atom is 0.331 e. The molecule has 0 unspecified atom stereocenters. The van der Waals surface area contributed by atoms with Gasteiger partial charge in [-0.25, -0.2) is 4.79 Å². The SMILES string of the molecule is CC(=O)O/N=C(\C)c1ccc2c(c1)Cc1ccccc1S2. The highest BCUT2D eigenvalue weighted by Crippen LogP contribution is 2.39. The van der Waals surface area contributed by atoms with Gasteiger partial charge in [-0.2, -0.15) is 0 Å². The normalized spacial score (nSPS) is 13.3. The largest absolute Gasteiger partial charge is 0.331 e. The molecule has 1 heterocycles. The Balaban J connectivity index is 1.90. The van der Waals surface area contributed by atoms with E-state index in [0.717, 1.165) is 12.0 Å². The van der Waals surface area contributed by atoms with E-state index in [9.17, 15) is 4.79 Å². The summed E-state index contributed by atoms with van der Waals surface area (Å²) in [5, 5.41) is 3.85. The molecule has 4 heteroatoms. The highest BCUT2D eigenvalue weighted by molar-refractivity contribution is 7.99. The number of carbonyl (C=O) groups excluding carboxylic acids is 1. The molecule has 21 heavy (non-hydrogen) atoms. The summed E-state index contributed by atoms with van der Waals surface area (Å²) >= 11 is 1.80. The van der Waals surface area contributed by atoms with Gasteiger partial charge < -0.3 is 4.84 Å². The number of hydrogen-bond acceptors (Lipinski definition) is 4. The number of oxime groups is 1. The van der Waals surface area contributed by atoms with E-state index in [1.807, 2.05) is 13.0 Å². The summed E-state index contributed by atoms with van der Waals surface area (Å²) in [6.07, 6.45) is 0.924. The van der Waals surface area contributed by atoms with Gasteiger partial charge in [0.2, 0.25) is 0 Å². The third kappa shape index (κ3) is 3.00. The Hall–Kier alpha value is -2.07. The molecule has 0 bridgehead atoms. The predicted octanol–water partition coefficient (Wildman–Crippen LogP) is 4.03. The third-order valence-electron chi connectivity index (χ3n) is 3.36. The minimum atomic E-state index is -0.406. The second-order valence-corrected chi connectivity index (χ2v) is 6.05. The van der Waals surface area contributed by atoms with Gasteiger partial charge in [0.05, 0.1) is 5.71 Å². The van der Waals surface area contributed by atoms with Crippen molar-refractivity contribution in [3.63, 3.8) is 0 Å². The second kappa shape index (κ2) is 5.74. The Morgan fingerprint density at radius 1 is 1.10 bits per heavy atom. The molecule has 1 aliphatic heterocycles. The summed E-state index contributed by atoms with van der Waals surface area (Å²) in [6.45, 7) is 3.19. The first-order chi connectivity index (χ1) is 10.1. The van der Waals surface area contributed by atoms with Crippen LogP contribution in [-0.4, -0.2) is 11.7 Å². The lowest BCUT2D eigenvalue weighted by Gasteiger charge is -2.19. The number of nitrogens with zero attached hydrogens (tertiary/aromatic N) is 1. The van der Waals surface area contributed by atoms with Crippen LogP contribution in [0.5, 0.6) is 0 Å². The molecule has 2 aromatic carbocycles. The highest BCUT2D eigenvalue weighted by atomic mass is 32.2. The van der Waals surface area contributed by atoms with Crippen LogP contribution in [0.1, 0.15) is 30.5 Å². The molecule has 3 rings (SSSR count). The number of carbonyl (C=O) groups is 1. The Morgan fingerprint density at radius 2 is 1.86 bits per heavy atom. The van der Waals surface area contributed by atoms with Crippen LogP contribution in [0.4, 0.5) is 0 Å². The molecular formula is C17H15NO2S. The van der Waals surface area contributed by atoms with E-state index in [2.05, 4.69) is 41.6 Å². The Labute approximate surface area is 128 Å². The topological polar surface area (TPSA) is 38.7 Å². The van der Waals surface area contributed by atoms with Crippen LogP contribution in [0.15, 0.2) is 57.4 Å². The molecule has 0 aliphatic carbocycles. The van der Waals surface area contributed by atoms with Crippen molar-refractivity contribution in [2.45, 2.75) is 30.1 Å². The molecule has 1 aliphatic rings. The van der Waals surface area contributed by atoms with Gasteiger partial charge in [-0.05, 0) is 48.2 Å². The van der Waals surface area contributed by atoms with E-state index in [-0.39, 0.29) is 0 Å². The van der Waals surface area contributed by atoms with Crippen molar-refractivity contribution in [1.29, 1.82) is 0 Å². The van der Waals surface area contributed by atoms with Crippen molar-refractivity contribution in [1.82, 2.24) is 0 Å². The number of benzene rings is 2. The van der Waals surface area contributed by atoms with Crippen molar-refractivity contribution in [2.75, 3.05) is 0 Å². The molecule has 0 aromatic heterocycles. The van der Waals surface area contributed by atoms with E-state index in [4.69, 9.17) is 4.84 Å². The van der Waals surface area contributed by atoms with Crippen LogP contribution < -0.4 is 0 Å². The zero-order chi connectivity index (χ0) is 14.8. The lowest BCUT2D eigenvalue weighted by Crippen LogP contribution is -2.04. The molecule has 0 saturated carbocycles. The molecule has 0 spiro atoms. The average Bonchev–Trinajstić information content (AvgIpc) is 2.50. The summed E-state index contributed by atoms with van der Waals surface area (Å²) < 4.78 is 0. The third-order valence-corrected chi connectivity index (χ3v) is 4.60. The standard InChI is InChI=1S/C17H15NO2S/c1-11(18-20-12(2)19)13-7-8-17-15(9-13)10-14-5-3-4-6-16(14)21-17/h3-9H,10H2,1-2H3/b18-11+. The number of fused-ring (bicyclic) bond motifs is 2. The summed E-state index contributed by atoms with van der Waals surface area (Å²) in [4.78, 5) is 18.1. The van der Waals surface area contributed by atoms with Gasteiger partial charge in [0.1, 0.15) is 0 Å². The van der Waals surface area contributed by atoms with Gasteiger partial charge in [-0.3, -0.25) is 0 Å². The quantitative estimate of drug-likeness (QED) is 0.407. The van der Waals surface area contributed by atoms with E-state index in [1.54, 1.807) is 11.8 Å². The van der Waals surface area contributed by atoms with Crippen molar-refractivity contribution in [3.8, 4) is 0 Å². The fraction of sp³-hybridized carbons (Fsp3) is 0.176. The van der Waals surface area contributed by atoms with E-state index in [1.165, 1.54) is 27.8 Å². The molecule has 0 amide bonds. The van der Waals surface area contributed by atoms with Gasteiger partial charge in [-0.1, -0.05) is 41.2 Å². The minimum absolute atomic E-state index is 0.406. The van der Waals surface area contributed by atoms with Gasteiger partial charge in [0.15, 0.2) is 0 Å². The summed E-state index contributed by atoms with van der Waals surface area (Å²) in [5.74, 6) is -0.406. The maximum absolute atomic E-state index is 10.8. The molecule has 0 N–H and O–H groups in total.